The number of rotatable bonds is 7. The van der Waals surface area contributed by atoms with Crippen LogP contribution in [0.3, 0.4) is 0 Å². The van der Waals surface area contributed by atoms with Crippen LogP contribution < -0.4 is 5.32 Å². The molecule has 1 atom stereocenters. The molecule has 2 aliphatic heterocycles. The number of piperidine rings is 1. The second kappa shape index (κ2) is 9.35. The number of carbonyl (C=O) groups is 1. The average molecular weight is 409 g/mol. The molecule has 0 unspecified atom stereocenters. The minimum Gasteiger partial charge on any atom is -0.352 e. The fourth-order valence-electron chi connectivity index (χ4n) is 3.99. The third kappa shape index (κ3) is 5.11. The Morgan fingerprint density at radius 3 is 2.46 bits per heavy atom. The summed E-state index contributed by atoms with van der Waals surface area (Å²) in [6.07, 6.45) is 3.94. The first-order chi connectivity index (χ1) is 13.4. The Hall–Kier alpha value is -1.48. The topological polar surface area (TPSA) is 73.0 Å². The third-order valence-corrected chi connectivity index (χ3v) is 7.61. The molecule has 1 aromatic rings. The molecule has 0 radical (unpaired) electrons. The van der Waals surface area contributed by atoms with Crippen molar-refractivity contribution in [3.63, 3.8) is 0 Å². The van der Waals surface area contributed by atoms with Gasteiger partial charge in [-0.3, -0.25) is 9.69 Å². The van der Waals surface area contributed by atoms with Crippen LogP contribution in [0.2, 0.25) is 0 Å². The first kappa shape index (κ1) is 21.2. The fraction of sp³-hybridized carbons (Fsp3) is 0.650. The highest BCUT2D eigenvalue weighted by atomic mass is 32.2. The zero-order chi connectivity index (χ0) is 20.1. The predicted molar refractivity (Wildman–Crippen MR) is 110 cm³/mol. The molecule has 28 heavy (non-hydrogen) atoms. The number of likely N-dealkylation sites (tertiary alicyclic amines) is 1. The van der Waals surface area contributed by atoms with E-state index in [0.717, 1.165) is 31.6 Å². The molecule has 2 heterocycles. The largest absolute Gasteiger partial charge is 0.352 e. The van der Waals surface area contributed by atoms with E-state index in [2.05, 4.69) is 22.3 Å². The molecule has 0 spiro atoms. The highest BCUT2D eigenvalue weighted by Crippen LogP contribution is 2.21. The van der Waals surface area contributed by atoms with Crippen LogP contribution in [0.1, 0.15) is 36.8 Å². The lowest BCUT2D eigenvalue weighted by Gasteiger charge is -2.32. The van der Waals surface area contributed by atoms with Gasteiger partial charge in [0.1, 0.15) is 0 Å². The summed E-state index contributed by atoms with van der Waals surface area (Å²) in [5.41, 5.74) is 2.39. The van der Waals surface area contributed by atoms with Gasteiger partial charge in [0, 0.05) is 40.3 Å². The SMILES string of the molecule is CN(C)S(=O)(=O)N1CCC[C@@H](C(=O)NCc2ccccc2CN2CCCC2)C1. The Balaban J connectivity index is 1.58. The maximum absolute atomic E-state index is 12.7. The maximum Gasteiger partial charge on any atom is 0.281 e. The molecule has 1 amide bonds. The van der Waals surface area contributed by atoms with E-state index in [4.69, 9.17) is 0 Å². The summed E-state index contributed by atoms with van der Waals surface area (Å²) in [6.45, 7) is 4.41. The van der Waals surface area contributed by atoms with Gasteiger partial charge in [0.05, 0.1) is 5.92 Å². The molecular formula is C20H32N4O3S. The lowest BCUT2D eigenvalue weighted by molar-refractivity contribution is -0.126. The maximum atomic E-state index is 12.7. The number of nitrogens with one attached hydrogen (secondary N) is 1. The van der Waals surface area contributed by atoms with Gasteiger partial charge in [-0.05, 0) is 49.9 Å². The number of hydrogen-bond acceptors (Lipinski definition) is 4. The molecule has 2 aliphatic rings. The second-order valence-electron chi connectivity index (χ2n) is 7.96. The lowest BCUT2D eigenvalue weighted by Crippen LogP contribution is -2.48. The molecular weight excluding hydrogens is 376 g/mol. The summed E-state index contributed by atoms with van der Waals surface area (Å²) >= 11 is 0. The zero-order valence-corrected chi connectivity index (χ0v) is 17.7. The van der Waals surface area contributed by atoms with E-state index < -0.39 is 10.2 Å². The Labute approximate surface area is 168 Å². The Morgan fingerprint density at radius 2 is 1.79 bits per heavy atom. The van der Waals surface area contributed by atoms with E-state index in [1.165, 1.54) is 41.1 Å². The van der Waals surface area contributed by atoms with Gasteiger partial charge in [-0.1, -0.05) is 24.3 Å². The normalized spacial score (nSPS) is 21.9. The van der Waals surface area contributed by atoms with Crippen LogP contribution >= 0.6 is 0 Å². The number of nitrogens with zero attached hydrogens (tertiary/aromatic N) is 3. The van der Waals surface area contributed by atoms with Gasteiger partial charge < -0.3 is 5.32 Å². The van der Waals surface area contributed by atoms with Crippen molar-refractivity contribution in [2.45, 2.75) is 38.8 Å². The van der Waals surface area contributed by atoms with E-state index in [0.29, 0.717) is 19.5 Å². The predicted octanol–water partition coefficient (Wildman–Crippen LogP) is 1.42. The van der Waals surface area contributed by atoms with Crippen LogP contribution in [0.25, 0.3) is 0 Å². The van der Waals surface area contributed by atoms with Gasteiger partial charge in [0.2, 0.25) is 5.91 Å². The van der Waals surface area contributed by atoms with Crippen LogP contribution in [0.5, 0.6) is 0 Å². The van der Waals surface area contributed by atoms with Gasteiger partial charge in [0.25, 0.3) is 10.2 Å². The van der Waals surface area contributed by atoms with Gasteiger partial charge in [-0.15, -0.1) is 0 Å². The molecule has 8 heteroatoms. The zero-order valence-electron chi connectivity index (χ0n) is 16.9. The van der Waals surface area contributed by atoms with E-state index in [1.807, 2.05) is 12.1 Å². The van der Waals surface area contributed by atoms with E-state index >= 15 is 0 Å². The smallest absolute Gasteiger partial charge is 0.281 e. The Kier molecular flexibility index (Phi) is 7.09. The standard InChI is InChI=1S/C20H32N4O3S/c1-22(2)28(26,27)24-13-7-10-19(16-24)20(25)21-14-17-8-3-4-9-18(17)15-23-11-5-6-12-23/h3-4,8-9,19H,5-7,10-16H2,1-2H3,(H,21,25)/t19-/m1/s1. The van der Waals surface area contributed by atoms with Gasteiger partial charge in [0.15, 0.2) is 0 Å². The van der Waals surface area contributed by atoms with E-state index in [1.54, 1.807) is 0 Å². The molecule has 7 nitrogen and oxygen atoms in total. The molecule has 2 fully saturated rings. The van der Waals surface area contributed by atoms with Crippen molar-refractivity contribution in [3.8, 4) is 0 Å². The van der Waals surface area contributed by atoms with Gasteiger partial charge in [-0.2, -0.15) is 17.0 Å². The van der Waals surface area contributed by atoms with Crippen LogP contribution in [0.4, 0.5) is 0 Å². The molecule has 1 N–H and O–H groups in total. The van der Waals surface area contributed by atoms with Crippen LogP contribution in [0, 0.1) is 5.92 Å². The summed E-state index contributed by atoms with van der Waals surface area (Å²) in [5, 5.41) is 3.04. The molecule has 0 aliphatic carbocycles. The van der Waals surface area contributed by atoms with Crippen molar-refractivity contribution >= 4 is 16.1 Å². The molecule has 2 saturated heterocycles. The van der Waals surface area contributed by atoms with Crippen LogP contribution in [-0.2, 0) is 28.1 Å². The fourth-order valence-corrected chi connectivity index (χ4v) is 5.18. The van der Waals surface area contributed by atoms with Crippen molar-refractivity contribution < 1.29 is 13.2 Å². The Morgan fingerprint density at radius 1 is 1.11 bits per heavy atom. The minimum atomic E-state index is -3.47. The van der Waals surface area contributed by atoms with Crippen molar-refractivity contribution in [2.75, 3.05) is 40.3 Å². The quantitative estimate of drug-likeness (QED) is 0.741. The molecule has 0 saturated carbocycles. The number of hydrogen-bond donors (Lipinski definition) is 1. The highest BCUT2D eigenvalue weighted by molar-refractivity contribution is 7.86. The van der Waals surface area contributed by atoms with E-state index in [9.17, 15) is 13.2 Å². The molecule has 1 aromatic carbocycles. The van der Waals surface area contributed by atoms with Gasteiger partial charge in [-0.25, -0.2) is 0 Å². The summed E-state index contributed by atoms with van der Waals surface area (Å²) in [5.74, 6) is -0.358. The summed E-state index contributed by atoms with van der Waals surface area (Å²) in [7, 11) is -0.424. The van der Waals surface area contributed by atoms with Crippen molar-refractivity contribution in [1.29, 1.82) is 0 Å². The monoisotopic (exact) mass is 408 g/mol. The molecule has 0 bridgehead atoms. The summed E-state index contributed by atoms with van der Waals surface area (Å²) < 4.78 is 27.3. The number of carbonyl (C=O) groups excluding carboxylic acids is 1. The van der Waals surface area contributed by atoms with Gasteiger partial charge >= 0.3 is 0 Å². The van der Waals surface area contributed by atoms with Crippen LogP contribution in [-0.4, -0.2) is 68.1 Å². The number of amides is 1. The molecule has 156 valence electrons. The number of benzene rings is 1. The third-order valence-electron chi connectivity index (χ3n) is 5.71. The average Bonchev–Trinajstić information content (AvgIpc) is 3.20. The minimum absolute atomic E-state index is 0.0605. The first-order valence-corrected chi connectivity index (χ1v) is 11.5. The molecule has 3 rings (SSSR count). The lowest BCUT2D eigenvalue weighted by atomic mass is 9.98. The van der Waals surface area contributed by atoms with Crippen molar-refractivity contribution in [3.05, 3.63) is 35.4 Å². The van der Waals surface area contributed by atoms with Crippen molar-refractivity contribution in [1.82, 2.24) is 18.8 Å². The first-order valence-electron chi connectivity index (χ1n) is 10.1. The van der Waals surface area contributed by atoms with Crippen LogP contribution in [0.15, 0.2) is 24.3 Å². The Bertz CT molecular complexity index is 775. The molecule has 0 aromatic heterocycles. The van der Waals surface area contributed by atoms with E-state index in [-0.39, 0.29) is 18.4 Å². The second-order valence-corrected chi connectivity index (χ2v) is 10.1. The summed E-state index contributed by atoms with van der Waals surface area (Å²) in [4.78, 5) is 15.2. The highest BCUT2D eigenvalue weighted by Gasteiger charge is 2.33. The van der Waals surface area contributed by atoms with Crippen molar-refractivity contribution in [2.24, 2.45) is 5.92 Å². The summed E-state index contributed by atoms with van der Waals surface area (Å²) in [6, 6.07) is 8.24.